The summed E-state index contributed by atoms with van der Waals surface area (Å²) in [5, 5.41) is 0. The average molecular weight is 267 g/mol. The van der Waals surface area contributed by atoms with Gasteiger partial charge in [-0.2, -0.15) is 13.2 Å². The monoisotopic (exact) mass is 267 g/mol. The van der Waals surface area contributed by atoms with Gasteiger partial charge in [-0.1, -0.05) is 12.1 Å². The molecule has 0 saturated carbocycles. The highest BCUT2D eigenvalue weighted by Gasteiger charge is 2.34. The van der Waals surface area contributed by atoms with E-state index in [4.69, 9.17) is 11.5 Å². The maximum absolute atomic E-state index is 12.9. The highest BCUT2D eigenvalue weighted by atomic mass is 19.4. The van der Waals surface area contributed by atoms with Crippen molar-refractivity contribution < 1.29 is 13.2 Å². The SMILES string of the molecule is NCc1ccc(-c2ncccc2C(F)(F)F)cc1N. The van der Waals surface area contributed by atoms with Gasteiger partial charge >= 0.3 is 6.18 Å². The van der Waals surface area contributed by atoms with Crippen molar-refractivity contribution in [3.05, 3.63) is 47.7 Å². The fraction of sp³-hybridized carbons (Fsp3) is 0.154. The van der Waals surface area contributed by atoms with E-state index in [0.29, 0.717) is 16.8 Å². The second kappa shape index (κ2) is 4.89. The minimum absolute atomic E-state index is 0.134. The molecule has 6 heteroatoms. The Balaban J connectivity index is 2.57. The second-order valence-corrected chi connectivity index (χ2v) is 4.02. The van der Waals surface area contributed by atoms with Gasteiger partial charge in [-0.05, 0) is 23.8 Å². The van der Waals surface area contributed by atoms with Gasteiger partial charge in [0.1, 0.15) is 0 Å². The van der Waals surface area contributed by atoms with Gasteiger partial charge in [0.15, 0.2) is 0 Å². The van der Waals surface area contributed by atoms with E-state index in [0.717, 1.165) is 6.07 Å². The van der Waals surface area contributed by atoms with Crippen LogP contribution in [-0.4, -0.2) is 4.98 Å². The molecule has 0 saturated heterocycles. The zero-order valence-corrected chi connectivity index (χ0v) is 9.91. The average Bonchev–Trinajstić information content (AvgIpc) is 2.37. The first-order valence-corrected chi connectivity index (χ1v) is 5.54. The molecule has 3 nitrogen and oxygen atoms in total. The Morgan fingerprint density at radius 3 is 2.47 bits per heavy atom. The number of rotatable bonds is 2. The minimum Gasteiger partial charge on any atom is -0.398 e. The van der Waals surface area contributed by atoms with E-state index in [2.05, 4.69) is 4.98 Å². The highest BCUT2D eigenvalue weighted by molar-refractivity contribution is 5.69. The third kappa shape index (κ3) is 2.68. The summed E-state index contributed by atoms with van der Waals surface area (Å²) >= 11 is 0. The molecular formula is C13H12F3N3. The predicted molar refractivity (Wildman–Crippen MR) is 67.0 cm³/mol. The number of benzene rings is 1. The van der Waals surface area contributed by atoms with Crippen LogP contribution < -0.4 is 11.5 Å². The van der Waals surface area contributed by atoms with E-state index in [9.17, 15) is 13.2 Å². The Bertz CT molecular complexity index is 594. The number of halogens is 3. The van der Waals surface area contributed by atoms with Crippen LogP contribution in [0.5, 0.6) is 0 Å². The van der Waals surface area contributed by atoms with Gasteiger partial charge in [-0.25, -0.2) is 0 Å². The molecule has 2 rings (SSSR count). The van der Waals surface area contributed by atoms with Gasteiger partial charge in [0, 0.05) is 24.0 Å². The van der Waals surface area contributed by atoms with Crippen LogP contribution in [0.3, 0.4) is 0 Å². The maximum Gasteiger partial charge on any atom is 0.418 e. The van der Waals surface area contributed by atoms with Crippen molar-refractivity contribution >= 4 is 5.69 Å². The Kier molecular flexibility index (Phi) is 3.44. The lowest BCUT2D eigenvalue weighted by molar-refractivity contribution is -0.137. The molecule has 19 heavy (non-hydrogen) atoms. The first-order valence-electron chi connectivity index (χ1n) is 5.54. The Labute approximate surface area is 108 Å². The van der Waals surface area contributed by atoms with Crippen LogP contribution in [0, 0.1) is 0 Å². The first-order chi connectivity index (χ1) is 8.93. The molecule has 4 N–H and O–H groups in total. The Morgan fingerprint density at radius 1 is 1.16 bits per heavy atom. The van der Waals surface area contributed by atoms with Gasteiger partial charge < -0.3 is 11.5 Å². The van der Waals surface area contributed by atoms with Crippen molar-refractivity contribution in [2.45, 2.75) is 12.7 Å². The molecule has 1 aromatic heterocycles. The Hall–Kier alpha value is -2.08. The van der Waals surface area contributed by atoms with E-state index >= 15 is 0 Å². The molecule has 0 aliphatic carbocycles. The number of nitrogen functional groups attached to an aromatic ring is 1. The second-order valence-electron chi connectivity index (χ2n) is 4.02. The zero-order valence-electron chi connectivity index (χ0n) is 9.91. The molecule has 0 aliphatic rings. The molecule has 100 valence electrons. The van der Waals surface area contributed by atoms with Crippen molar-refractivity contribution in [1.82, 2.24) is 4.98 Å². The molecule has 1 aromatic carbocycles. The molecule has 0 radical (unpaired) electrons. The largest absolute Gasteiger partial charge is 0.418 e. The standard InChI is InChI=1S/C13H12F3N3/c14-13(15,16)10-2-1-5-19-12(10)8-3-4-9(7-17)11(18)6-8/h1-6H,7,17-18H2. The minimum atomic E-state index is -4.45. The van der Waals surface area contributed by atoms with Crippen molar-refractivity contribution in [2.24, 2.45) is 5.73 Å². The molecule has 0 bridgehead atoms. The van der Waals surface area contributed by atoms with E-state index < -0.39 is 11.7 Å². The number of nitrogens with two attached hydrogens (primary N) is 2. The molecule has 0 amide bonds. The maximum atomic E-state index is 12.9. The van der Waals surface area contributed by atoms with Crippen molar-refractivity contribution in [2.75, 3.05) is 5.73 Å². The quantitative estimate of drug-likeness (QED) is 0.822. The number of anilines is 1. The molecule has 0 spiro atoms. The Morgan fingerprint density at radius 2 is 1.89 bits per heavy atom. The van der Waals surface area contributed by atoms with Crippen LogP contribution in [-0.2, 0) is 12.7 Å². The molecule has 1 heterocycles. The van der Waals surface area contributed by atoms with Gasteiger partial charge in [-0.3, -0.25) is 4.98 Å². The lowest BCUT2D eigenvalue weighted by atomic mass is 10.0. The van der Waals surface area contributed by atoms with Crippen molar-refractivity contribution in [1.29, 1.82) is 0 Å². The van der Waals surface area contributed by atoms with Crippen LogP contribution >= 0.6 is 0 Å². The van der Waals surface area contributed by atoms with Gasteiger partial charge in [0.25, 0.3) is 0 Å². The van der Waals surface area contributed by atoms with Gasteiger partial charge in [-0.15, -0.1) is 0 Å². The topological polar surface area (TPSA) is 64.9 Å². The van der Waals surface area contributed by atoms with Crippen LogP contribution in [0.2, 0.25) is 0 Å². The lowest BCUT2D eigenvalue weighted by Crippen LogP contribution is -2.08. The van der Waals surface area contributed by atoms with Crippen LogP contribution in [0.25, 0.3) is 11.3 Å². The first kappa shape index (κ1) is 13.4. The molecule has 0 unspecified atom stereocenters. The van der Waals surface area contributed by atoms with Gasteiger partial charge in [0.2, 0.25) is 0 Å². The highest BCUT2D eigenvalue weighted by Crippen LogP contribution is 2.36. The van der Waals surface area contributed by atoms with Crippen LogP contribution in [0.1, 0.15) is 11.1 Å². The van der Waals surface area contributed by atoms with E-state index in [1.807, 2.05) is 0 Å². The number of alkyl halides is 3. The van der Waals surface area contributed by atoms with E-state index in [1.165, 1.54) is 24.4 Å². The summed E-state index contributed by atoms with van der Waals surface area (Å²) in [6, 6.07) is 6.86. The van der Waals surface area contributed by atoms with Crippen LogP contribution in [0.15, 0.2) is 36.5 Å². The van der Waals surface area contributed by atoms with E-state index in [1.54, 1.807) is 6.07 Å². The summed E-state index contributed by atoms with van der Waals surface area (Å²) in [5.41, 5.74) is 11.7. The molecule has 0 atom stereocenters. The fourth-order valence-corrected chi connectivity index (χ4v) is 1.79. The number of hydrogen-bond donors (Lipinski definition) is 2. The third-order valence-electron chi connectivity index (χ3n) is 2.75. The van der Waals surface area contributed by atoms with E-state index in [-0.39, 0.29) is 12.2 Å². The zero-order chi connectivity index (χ0) is 14.0. The summed E-state index contributed by atoms with van der Waals surface area (Å²) in [6.45, 7) is 0.237. The number of hydrogen-bond acceptors (Lipinski definition) is 3. The lowest BCUT2D eigenvalue weighted by Gasteiger charge is -2.12. The number of nitrogens with zero attached hydrogens (tertiary/aromatic N) is 1. The van der Waals surface area contributed by atoms with Crippen molar-refractivity contribution in [3.63, 3.8) is 0 Å². The summed E-state index contributed by atoms with van der Waals surface area (Å²) in [4.78, 5) is 3.81. The fourth-order valence-electron chi connectivity index (χ4n) is 1.79. The summed E-state index contributed by atoms with van der Waals surface area (Å²) < 4.78 is 38.7. The molecule has 0 aliphatic heterocycles. The third-order valence-corrected chi connectivity index (χ3v) is 2.75. The van der Waals surface area contributed by atoms with Crippen molar-refractivity contribution in [3.8, 4) is 11.3 Å². The predicted octanol–water partition coefficient (Wildman–Crippen LogP) is 2.81. The number of pyridine rings is 1. The van der Waals surface area contributed by atoms with Crippen LogP contribution in [0.4, 0.5) is 18.9 Å². The smallest absolute Gasteiger partial charge is 0.398 e. The summed E-state index contributed by atoms with van der Waals surface area (Å²) in [7, 11) is 0. The van der Waals surface area contributed by atoms with Gasteiger partial charge in [0.05, 0.1) is 11.3 Å². The summed E-state index contributed by atoms with van der Waals surface area (Å²) in [5.74, 6) is 0. The molecule has 0 fully saturated rings. The molecular weight excluding hydrogens is 255 g/mol. The normalized spacial score (nSPS) is 11.6. The number of aromatic nitrogens is 1. The molecule has 2 aromatic rings. The summed E-state index contributed by atoms with van der Waals surface area (Å²) in [6.07, 6.45) is -3.14.